The van der Waals surface area contributed by atoms with E-state index in [0.717, 1.165) is 21.7 Å². The van der Waals surface area contributed by atoms with Crippen LogP contribution in [-0.2, 0) is 11.4 Å². The summed E-state index contributed by atoms with van der Waals surface area (Å²) in [5.74, 6) is -11.6. The highest BCUT2D eigenvalue weighted by Gasteiger charge is 2.37. The van der Waals surface area contributed by atoms with Gasteiger partial charge in [-0.3, -0.25) is 4.79 Å². The van der Waals surface area contributed by atoms with Crippen LogP contribution in [0.25, 0.3) is 27.6 Å². The molecule has 0 aromatic heterocycles. The zero-order chi connectivity index (χ0) is 28.8. The average molecular weight is 559 g/mol. The molecule has 41 heavy (non-hydrogen) atoms. The van der Waals surface area contributed by atoms with Crippen molar-refractivity contribution in [2.24, 2.45) is 5.10 Å². The smallest absolute Gasteiger partial charge is 0.280 e. The van der Waals surface area contributed by atoms with Crippen molar-refractivity contribution in [3.63, 3.8) is 0 Å². The van der Waals surface area contributed by atoms with Gasteiger partial charge >= 0.3 is 0 Å². The monoisotopic (exact) mass is 558 g/mol. The molecule has 5 aromatic carbocycles. The topological polar surface area (TPSA) is 41.9 Å². The van der Waals surface area contributed by atoms with Crippen molar-refractivity contribution in [2.45, 2.75) is 13.5 Å². The first-order valence-corrected chi connectivity index (χ1v) is 12.5. The SMILES string of the molecule is CC1=NN(c2c(F)c(F)c(F)c(F)c2F)C(=O)/C1=C\c1c(OCc2cccc3ccccc23)ccc2ccccc12. The number of hydrazone groups is 1. The zero-order valence-electron chi connectivity index (χ0n) is 21.4. The van der Waals surface area contributed by atoms with Gasteiger partial charge < -0.3 is 4.74 Å². The van der Waals surface area contributed by atoms with Crippen molar-refractivity contribution in [3.05, 3.63) is 125 Å². The number of fused-ring (bicyclic) bond motifs is 2. The normalized spacial score (nSPS) is 14.4. The largest absolute Gasteiger partial charge is 0.488 e. The number of halogens is 5. The highest BCUT2D eigenvalue weighted by Crippen LogP contribution is 2.36. The molecule has 0 radical (unpaired) electrons. The molecule has 0 N–H and O–H groups in total. The number of rotatable bonds is 5. The summed E-state index contributed by atoms with van der Waals surface area (Å²) in [5, 5.41) is 7.64. The molecule has 0 saturated heterocycles. The van der Waals surface area contributed by atoms with Crippen LogP contribution in [0.15, 0.2) is 89.5 Å². The van der Waals surface area contributed by atoms with Crippen LogP contribution < -0.4 is 9.75 Å². The van der Waals surface area contributed by atoms with Crippen molar-refractivity contribution in [3.8, 4) is 5.75 Å². The van der Waals surface area contributed by atoms with Crippen LogP contribution in [-0.4, -0.2) is 11.6 Å². The first-order chi connectivity index (χ1) is 19.8. The van der Waals surface area contributed by atoms with Crippen LogP contribution in [0.2, 0.25) is 0 Å². The number of anilines is 1. The van der Waals surface area contributed by atoms with E-state index in [1.165, 1.54) is 13.0 Å². The molecule has 1 aliphatic rings. The quantitative estimate of drug-likeness (QED) is 0.0948. The minimum Gasteiger partial charge on any atom is -0.488 e. The fourth-order valence-corrected chi connectivity index (χ4v) is 4.88. The van der Waals surface area contributed by atoms with E-state index in [9.17, 15) is 26.7 Å². The lowest BCUT2D eigenvalue weighted by molar-refractivity contribution is -0.114. The van der Waals surface area contributed by atoms with Gasteiger partial charge in [0.2, 0.25) is 5.82 Å². The Morgan fingerprint density at radius 3 is 2.02 bits per heavy atom. The third-order valence-electron chi connectivity index (χ3n) is 6.94. The Kier molecular flexibility index (Phi) is 6.49. The van der Waals surface area contributed by atoms with E-state index in [2.05, 4.69) is 5.10 Å². The Morgan fingerprint density at radius 1 is 0.732 bits per heavy atom. The Bertz CT molecular complexity index is 1920. The predicted octanol–water partition coefficient (Wildman–Crippen LogP) is 8.07. The van der Waals surface area contributed by atoms with Gasteiger partial charge in [-0.25, -0.2) is 22.0 Å². The lowest BCUT2D eigenvalue weighted by Gasteiger charge is -2.16. The van der Waals surface area contributed by atoms with Crippen LogP contribution in [0.4, 0.5) is 27.6 Å². The van der Waals surface area contributed by atoms with Crippen LogP contribution >= 0.6 is 0 Å². The summed E-state index contributed by atoms with van der Waals surface area (Å²) in [6, 6.07) is 24.7. The Labute approximate surface area is 230 Å². The third kappa shape index (κ3) is 4.39. The maximum absolute atomic E-state index is 14.5. The van der Waals surface area contributed by atoms with E-state index in [1.54, 1.807) is 12.1 Å². The minimum absolute atomic E-state index is 0.0203. The van der Waals surface area contributed by atoms with E-state index in [1.807, 2.05) is 66.7 Å². The number of ether oxygens (including phenoxy) is 1. The van der Waals surface area contributed by atoms with Crippen LogP contribution in [0, 0.1) is 29.1 Å². The second-order valence-corrected chi connectivity index (χ2v) is 9.40. The maximum atomic E-state index is 14.5. The second kappa shape index (κ2) is 10.2. The van der Waals surface area contributed by atoms with Gasteiger partial charge in [0.25, 0.3) is 5.91 Å². The highest BCUT2D eigenvalue weighted by molar-refractivity contribution is 6.32. The van der Waals surface area contributed by atoms with Crippen molar-refractivity contribution < 1.29 is 31.5 Å². The Balaban J connectivity index is 1.43. The number of carbonyl (C=O) groups is 1. The molecule has 0 spiro atoms. The summed E-state index contributed by atoms with van der Waals surface area (Å²) >= 11 is 0. The van der Waals surface area contributed by atoms with E-state index in [0.29, 0.717) is 16.7 Å². The van der Waals surface area contributed by atoms with Crippen LogP contribution in [0.5, 0.6) is 5.75 Å². The van der Waals surface area contributed by atoms with Gasteiger partial charge in [-0.2, -0.15) is 10.1 Å². The van der Waals surface area contributed by atoms with Gasteiger partial charge in [-0.05, 0) is 46.2 Å². The average Bonchev–Trinajstić information content (AvgIpc) is 3.26. The van der Waals surface area contributed by atoms with Crippen LogP contribution in [0.1, 0.15) is 18.1 Å². The first-order valence-electron chi connectivity index (χ1n) is 12.5. The summed E-state index contributed by atoms with van der Waals surface area (Å²) in [4.78, 5) is 13.3. The molecule has 204 valence electrons. The minimum atomic E-state index is -2.32. The number of nitrogens with zero attached hydrogens (tertiary/aromatic N) is 2. The van der Waals surface area contributed by atoms with Crippen molar-refractivity contribution in [1.29, 1.82) is 0 Å². The summed E-state index contributed by atoms with van der Waals surface area (Å²) < 4.78 is 76.7. The fourth-order valence-electron chi connectivity index (χ4n) is 4.88. The van der Waals surface area contributed by atoms with Crippen molar-refractivity contribution >= 4 is 44.9 Å². The van der Waals surface area contributed by atoms with Crippen molar-refractivity contribution in [2.75, 3.05) is 5.01 Å². The molecule has 1 heterocycles. The standard InChI is InChI=1S/C32H19F5N2O2/c1-17-23(32(40)39(38-17)31-29(36)27(34)26(33)28(35)30(31)37)15-24-22-12-5-3-8-19(22)13-14-25(24)41-16-20-10-6-9-18-7-2-4-11-21(18)20/h2-15H,16H2,1H3/b23-15-. The lowest BCUT2D eigenvalue weighted by Crippen LogP contribution is -2.25. The summed E-state index contributed by atoms with van der Waals surface area (Å²) in [6.45, 7) is 1.60. The fraction of sp³-hybridized carbons (Fsp3) is 0.0625. The number of benzene rings is 5. The molecule has 6 rings (SSSR count). The van der Waals surface area contributed by atoms with Gasteiger partial charge in [-0.1, -0.05) is 72.8 Å². The molecule has 0 unspecified atom stereocenters. The number of hydrogen-bond donors (Lipinski definition) is 0. The zero-order valence-corrected chi connectivity index (χ0v) is 21.4. The molecule has 4 nitrogen and oxygen atoms in total. The van der Waals surface area contributed by atoms with E-state index < -0.39 is 40.7 Å². The molecular weight excluding hydrogens is 539 g/mol. The van der Waals surface area contributed by atoms with Gasteiger partial charge in [0, 0.05) is 5.56 Å². The molecular formula is C32H19F5N2O2. The Hall–Kier alpha value is -5.05. The lowest BCUT2D eigenvalue weighted by atomic mass is 9.99. The second-order valence-electron chi connectivity index (χ2n) is 9.40. The van der Waals surface area contributed by atoms with Crippen molar-refractivity contribution in [1.82, 2.24) is 0 Å². The van der Waals surface area contributed by atoms with Gasteiger partial charge in [0.1, 0.15) is 18.0 Å². The molecule has 0 saturated carbocycles. The van der Waals surface area contributed by atoms with Gasteiger partial charge in [-0.15, -0.1) is 0 Å². The molecule has 0 atom stereocenters. The number of hydrogen-bond acceptors (Lipinski definition) is 3. The number of amides is 1. The summed E-state index contributed by atoms with van der Waals surface area (Å²) in [7, 11) is 0. The number of carbonyl (C=O) groups excluding carboxylic acids is 1. The molecule has 0 fully saturated rings. The van der Waals surface area contributed by atoms with Gasteiger partial charge in [0.15, 0.2) is 23.3 Å². The highest BCUT2D eigenvalue weighted by atomic mass is 19.2. The summed E-state index contributed by atoms with van der Waals surface area (Å²) in [6.07, 6.45) is 1.45. The third-order valence-corrected chi connectivity index (χ3v) is 6.94. The summed E-state index contributed by atoms with van der Waals surface area (Å²) in [5.41, 5.74) is -0.103. The molecule has 1 aliphatic heterocycles. The van der Waals surface area contributed by atoms with E-state index >= 15 is 0 Å². The molecule has 0 aliphatic carbocycles. The maximum Gasteiger partial charge on any atom is 0.280 e. The molecule has 9 heteroatoms. The molecule has 0 bridgehead atoms. The predicted molar refractivity (Wildman–Crippen MR) is 147 cm³/mol. The first kappa shape index (κ1) is 26.2. The van der Waals surface area contributed by atoms with Gasteiger partial charge in [0.05, 0.1) is 11.3 Å². The Morgan fingerprint density at radius 2 is 1.32 bits per heavy atom. The molecule has 5 aromatic rings. The van der Waals surface area contributed by atoms with E-state index in [-0.39, 0.29) is 22.9 Å². The molecule has 1 amide bonds. The van der Waals surface area contributed by atoms with Crippen LogP contribution in [0.3, 0.4) is 0 Å². The van der Waals surface area contributed by atoms with E-state index in [4.69, 9.17) is 4.74 Å².